The predicted molar refractivity (Wildman–Crippen MR) is 220 cm³/mol. The van der Waals surface area contributed by atoms with Crippen molar-refractivity contribution in [2.45, 2.75) is 86.5 Å². The van der Waals surface area contributed by atoms with E-state index in [1.807, 2.05) is 41.4 Å². The lowest BCUT2D eigenvalue weighted by atomic mass is 9.91. The van der Waals surface area contributed by atoms with Gasteiger partial charge in [-0.05, 0) is 98.1 Å². The van der Waals surface area contributed by atoms with Crippen LogP contribution < -0.4 is 20.9 Å². The van der Waals surface area contributed by atoms with Crippen molar-refractivity contribution in [2.75, 3.05) is 42.2 Å². The van der Waals surface area contributed by atoms with Gasteiger partial charge in [0.15, 0.2) is 11.5 Å². The van der Waals surface area contributed by atoms with Crippen molar-refractivity contribution < 1.29 is 14.4 Å². The molecule has 3 aliphatic heterocycles. The number of aromatic nitrogens is 5. The number of likely N-dealkylation sites (tertiary alicyclic amines) is 2. The van der Waals surface area contributed by atoms with Crippen LogP contribution in [-0.4, -0.2) is 91.2 Å². The van der Waals surface area contributed by atoms with Crippen LogP contribution in [0.5, 0.6) is 0 Å². The monoisotopic (exact) mass is 867 g/mol. The van der Waals surface area contributed by atoms with Gasteiger partial charge < -0.3 is 25.8 Å². The predicted octanol–water partition coefficient (Wildman–Crippen LogP) is 5.85. The van der Waals surface area contributed by atoms with E-state index in [1.165, 1.54) is 12.1 Å². The topological polar surface area (TPSA) is 154 Å². The number of benzene rings is 1. The first-order valence-electron chi connectivity index (χ1n) is 20.1. The highest BCUT2D eigenvalue weighted by Crippen LogP contribution is 2.55. The van der Waals surface area contributed by atoms with Crippen LogP contribution in [-0.2, 0) is 14.9 Å². The molecule has 6 aliphatic rings. The average Bonchev–Trinajstić information content (AvgIpc) is 4.08. The SMILES string of the molecule is CC[C@@]1(I)c2c(cnn2C2CN(Cc3cccc(C(=O)N4C[C@H]5CC[C@@H]4C5)n3)C2)-c2cccc(Nc3cc(NC(=O)C4CC4)nnc3C(=O)NC3CC3)c2N1C. The van der Waals surface area contributed by atoms with E-state index >= 15 is 0 Å². The number of piperidine rings is 1. The molecule has 0 radical (unpaired) electrons. The average molecular weight is 868 g/mol. The van der Waals surface area contributed by atoms with Crippen LogP contribution in [0, 0.1) is 11.8 Å². The minimum Gasteiger partial charge on any atom is -0.353 e. The molecule has 3 aliphatic carbocycles. The number of anilines is 4. The summed E-state index contributed by atoms with van der Waals surface area (Å²) in [6, 6.07) is 14.4. The lowest BCUT2D eigenvalue weighted by Gasteiger charge is -2.47. The van der Waals surface area contributed by atoms with Gasteiger partial charge in [-0.3, -0.25) is 24.0 Å². The number of alkyl halides is 1. The number of hydrogen-bond donors (Lipinski definition) is 3. The maximum atomic E-state index is 13.4. The maximum absolute atomic E-state index is 13.4. The number of carbonyl (C=O) groups excluding carboxylic acids is 3. The van der Waals surface area contributed by atoms with Crippen molar-refractivity contribution >= 4 is 63.2 Å². The fourth-order valence-corrected chi connectivity index (χ4v) is 9.94. The Bertz CT molecular complexity index is 2250. The molecule has 4 aromatic rings. The molecular weight excluding hydrogens is 821 g/mol. The molecule has 1 aromatic carbocycles. The third kappa shape index (κ3) is 6.30. The number of para-hydroxylation sites is 1. The van der Waals surface area contributed by atoms with Gasteiger partial charge >= 0.3 is 0 Å². The number of halogens is 1. The molecular formula is C41H46IN11O3. The van der Waals surface area contributed by atoms with E-state index < -0.39 is 3.55 Å². The number of pyridine rings is 1. The minimum atomic E-state index is -0.424. The summed E-state index contributed by atoms with van der Waals surface area (Å²) >= 11 is 2.58. The van der Waals surface area contributed by atoms with E-state index in [0.29, 0.717) is 35.7 Å². The number of carbonyl (C=O) groups is 3. The van der Waals surface area contributed by atoms with E-state index in [0.717, 1.165) is 92.8 Å². The number of hydrogen-bond acceptors (Lipinski definition) is 10. The second-order valence-electron chi connectivity index (χ2n) is 16.5. The zero-order valence-electron chi connectivity index (χ0n) is 31.7. The van der Waals surface area contributed by atoms with Gasteiger partial charge in [-0.25, -0.2) is 4.98 Å². The standard InChI is InChI=1S/C41H46IN11O3/c1-3-41(42)37-30(18-43-53(37)28-21-51(22-28)20-26-6-4-9-32(44-26)40(56)52-19-23-10-15-27(52)16-23)29-7-5-8-31(36(29)50(41)2)46-33-17-34(47-38(54)24-11-12-24)48-49-35(33)39(55)45-25-13-14-25/h4-9,17-18,23-25,27-28H,3,10-16,19-22H2,1-2H3,(H,45,55)(H2,46,47,48,54)/t23-,27+,41-/m0/s1. The normalized spacial score (nSPS) is 24.1. The van der Waals surface area contributed by atoms with Crippen LogP contribution in [0.1, 0.15) is 96.7 Å². The summed E-state index contributed by atoms with van der Waals surface area (Å²) in [5, 5.41) is 23.0. The van der Waals surface area contributed by atoms with Crippen molar-refractivity contribution in [3.63, 3.8) is 0 Å². The summed E-state index contributed by atoms with van der Waals surface area (Å²) in [5.41, 5.74) is 7.23. The highest BCUT2D eigenvalue weighted by molar-refractivity contribution is 14.1. The third-order valence-electron chi connectivity index (χ3n) is 12.6. The molecule has 2 saturated heterocycles. The largest absolute Gasteiger partial charge is 0.353 e. The van der Waals surface area contributed by atoms with Crippen LogP contribution in [0.3, 0.4) is 0 Å². The number of nitrogens with zero attached hydrogens (tertiary/aromatic N) is 8. The molecule has 0 spiro atoms. The van der Waals surface area contributed by atoms with Gasteiger partial charge in [0.05, 0.1) is 40.7 Å². The maximum Gasteiger partial charge on any atom is 0.274 e. The van der Waals surface area contributed by atoms with Crippen molar-refractivity contribution in [1.82, 2.24) is 40.1 Å². The van der Waals surface area contributed by atoms with E-state index in [4.69, 9.17) is 10.1 Å². The first-order valence-corrected chi connectivity index (χ1v) is 21.1. The van der Waals surface area contributed by atoms with E-state index in [1.54, 1.807) is 6.07 Å². The van der Waals surface area contributed by atoms with Crippen molar-refractivity contribution in [1.29, 1.82) is 0 Å². The van der Waals surface area contributed by atoms with Crippen molar-refractivity contribution in [3.8, 4) is 11.1 Å². The number of rotatable bonds is 11. The van der Waals surface area contributed by atoms with Crippen LogP contribution in [0.2, 0.25) is 0 Å². The smallest absolute Gasteiger partial charge is 0.274 e. The van der Waals surface area contributed by atoms with Gasteiger partial charge in [0.25, 0.3) is 11.8 Å². The Kier molecular flexibility index (Phi) is 8.80. The zero-order chi connectivity index (χ0) is 38.3. The second-order valence-corrected chi connectivity index (χ2v) is 18.3. The molecule has 3 aromatic heterocycles. The molecule has 10 rings (SSSR count). The van der Waals surface area contributed by atoms with Crippen LogP contribution in [0.25, 0.3) is 11.1 Å². The van der Waals surface area contributed by atoms with Crippen molar-refractivity contribution in [3.05, 3.63) is 71.4 Å². The van der Waals surface area contributed by atoms with Gasteiger partial charge in [-0.15, -0.1) is 10.2 Å². The van der Waals surface area contributed by atoms with Gasteiger partial charge in [0.2, 0.25) is 5.91 Å². The second kappa shape index (κ2) is 13.8. The highest BCUT2D eigenvalue weighted by atomic mass is 127. The summed E-state index contributed by atoms with van der Waals surface area (Å²) in [5.74, 6) is 0.682. The molecule has 3 atom stereocenters. The van der Waals surface area contributed by atoms with Crippen LogP contribution in [0.15, 0.2) is 48.7 Å². The first kappa shape index (κ1) is 35.8. The summed E-state index contributed by atoms with van der Waals surface area (Å²) in [6.07, 6.45) is 9.95. The fraction of sp³-hybridized carbons (Fsp3) is 0.488. The van der Waals surface area contributed by atoms with E-state index in [-0.39, 0.29) is 41.4 Å². The number of amides is 3. The molecule has 3 amide bonds. The third-order valence-corrected chi connectivity index (χ3v) is 14.6. The lowest BCUT2D eigenvalue weighted by Crippen LogP contribution is -2.50. The summed E-state index contributed by atoms with van der Waals surface area (Å²) in [4.78, 5) is 50.9. The zero-order valence-corrected chi connectivity index (χ0v) is 33.8. The molecule has 5 fully saturated rings. The Morgan fingerprint density at radius 3 is 2.48 bits per heavy atom. The van der Waals surface area contributed by atoms with Crippen molar-refractivity contribution in [2.24, 2.45) is 11.8 Å². The molecule has 56 heavy (non-hydrogen) atoms. The molecule has 3 N–H and O–H groups in total. The minimum absolute atomic E-state index is 0.00496. The van der Waals surface area contributed by atoms with Crippen LogP contribution >= 0.6 is 22.6 Å². The summed E-state index contributed by atoms with van der Waals surface area (Å²) < 4.78 is 1.80. The Labute approximate surface area is 339 Å². The molecule has 0 unspecified atom stereocenters. The first-order chi connectivity index (χ1) is 27.2. The van der Waals surface area contributed by atoms with E-state index in [2.05, 4.69) is 83.3 Å². The van der Waals surface area contributed by atoms with Crippen LogP contribution in [0.4, 0.5) is 22.9 Å². The highest BCUT2D eigenvalue weighted by Gasteiger charge is 2.46. The quantitative estimate of drug-likeness (QED) is 0.0952. The van der Waals surface area contributed by atoms with Gasteiger partial charge in [0, 0.05) is 68.4 Å². The molecule has 6 heterocycles. The molecule has 15 heteroatoms. The van der Waals surface area contributed by atoms with Gasteiger partial charge in [-0.2, -0.15) is 5.10 Å². The Balaban J connectivity index is 0.900. The molecule has 14 nitrogen and oxygen atoms in total. The number of fused-ring (bicyclic) bond motifs is 5. The Morgan fingerprint density at radius 1 is 0.929 bits per heavy atom. The Hall–Kier alpha value is -4.64. The van der Waals surface area contributed by atoms with Gasteiger partial charge in [-0.1, -0.05) is 25.1 Å². The molecule has 2 bridgehead atoms. The molecule has 3 saturated carbocycles. The summed E-state index contributed by atoms with van der Waals surface area (Å²) in [6.45, 7) is 5.42. The Morgan fingerprint density at radius 2 is 1.75 bits per heavy atom. The van der Waals surface area contributed by atoms with Gasteiger partial charge in [0.1, 0.15) is 9.24 Å². The summed E-state index contributed by atoms with van der Waals surface area (Å²) in [7, 11) is 2.12. The fourth-order valence-electron chi connectivity index (χ4n) is 9.16. The van der Waals surface area contributed by atoms with E-state index in [9.17, 15) is 14.4 Å². The molecule has 290 valence electrons. The number of nitrogens with one attached hydrogen (secondary N) is 3. The lowest BCUT2D eigenvalue weighted by molar-refractivity contribution is -0.117.